The van der Waals surface area contributed by atoms with Gasteiger partial charge in [-0.05, 0) is 66.6 Å². The number of carbonyl (C=O) groups excluding carboxylic acids is 1. The van der Waals surface area contributed by atoms with Crippen LogP contribution < -0.4 is 4.74 Å². The summed E-state index contributed by atoms with van der Waals surface area (Å²) in [6, 6.07) is 17.8. The topological polar surface area (TPSA) is 66.9 Å². The maximum atomic E-state index is 13.7. The quantitative estimate of drug-likeness (QED) is 0.451. The molecule has 0 N–H and O–H groups in total. The zero-order valence-corrected chi connectivity index (χ0v) is 21.3. The third-order valence-electron chi connectivity index (χ3n) is 6.44. The Bertz CT molecular complexity index is 1220. The van der Waals surface area contributed by atoms with Gasteiger partial charge in [-0.1, -0.05) is 37.3 Å². The first-order valence-corrected chi connectivity index (χ1v) is 13.7. The summed E-state index contributed by atoms with van der Waals surface area (Å²) in [6.45, 7) is 4.13. The highest BCUT2D eigenvalue weighted by Crippen LogP contribution is 2.38. The second-order valence-corrected chi connectivity index (χ2v) is 11.3. The van der Waals surface area contributed by atoms with Crippen molar-refractivity contribution in [1.82, 2.24) is 9.21 Å². The summed E-state index contributed by atoms with van der Waals surface area (Å²) in [7, 11) is -2.33. The molecule has 0 fully saturated rings. The van der Waals surface area contributed by atoms with E-state index in [4.69, 9.17) is 4.74 Å². The lowest BCUT2D eigenvalue weighted by atomic mass is 9.93. The molecule has 0 aliphatic carbocycles. The highest BCUT2D eigenvalue weighted by atomic mass is 32.2. The fourth-order valence-corrected chi connectivity index (χ4v) is 6.93. The Kier molecular flexibility index (Phi) is 7.40. The van der Waals surface area contributed by atoms with Gasteiger partial charge in [0.2, 0.25) is 15.9 Å². The average molecular weight is 499 g/mol. The number of methoxy groups -OCH3 is 1. The van der Waals surface area contributed by atoms with E-state index in [1.54, 1.807) is 23.5 Å². The van der Waals surface area contributed by atoms with Crippen LogP contribution >= 0.6 is 11.3 Å². The van der Waals surface area contributed by atoms with Crippen molar-refractivity contribution < 1.29 is 17.9 Å². The van der Waals surface area contributed by atoms with Crippen LogP contribution in [-0.2, 0) is 21.2 Å². The molecule has 0 spiro atoms. The van der Waals surface area contributed by atoms with Gasteiger partial charge in [-0.25, -0.2) is 8.42 Å². The van der Waals surface area contributed by atoms with Crippen molar-refractivity contribution in [3.8, 4) is 5.75 Å². The Morgan fingerprint density at radius 3 is 2.50 bits per heavy atom. The van der Waals surface area contributed by atoms with Crippen molar-refractivity contribution in [2.45, 2.75) is 43.7 Å². The summed E-state index contributed by atoms with van der Waals surface area (Å²) in [5, 5.41) is 2.06. The Balaban J connectivity index is 1.66. The molecule has 0 saturated heterocycles. The third kappa shape index (κ3) is 4.76. The maximum absolute atomic E-state index is 13.7. The van der Waals surface area contributed by atoms with E-state index in [0.717, 1.165) is 17.5 Å². The number of rotatable bonds is 8. The van der Waals surface area contributed by atoms with Gasteiger partial charge in [-0.3, -0.25) is 4.79 Å². The lowest BCUT2D eigenvalue weighted by Gasteiger charge is -2.38. The second kappa shape index (κ2) is 10.3. The molecule has 1 aliphatic heterocycles. The van der Waals surface area contributed by atoms with Gasteiger partial charge < -0.3 is 9.64 Å². The SMILES string of the molecule is CCC(C)N(CC(=O)N1CCc2sccc2C1c1ccccc1)S(=O)(=O)c1ccc(OC)cc1. The van der Waals surface area contributed by atoms with Crippen LogP contribution in [0.1, 0.15) is 42.3 Å². The molecule has 8 heteroatoms. The number of benzene rings is 2. The zero-order chi connectivity index (χ0) is 24.3. The molecule has 3 aromatic rings. The number of thiophene rings is 1. The Morgan fingerprint density at radius 1 is 1.15 bits per heavy atom. The van der Waals surface area contributed by atoms with Gasteiger partial charge in [0.05, 0.1) is 24.6 Å². The van der Waals surface area contributed by atoms with Crippen molar-refractivity contribution in [3.63, 3.8) is 0 Å². The maximum Gasteiger partial charge on any atom is 0.243 e. The summed E-state index contributed by atoms with van der Waals surface area (Å²) in [4.78, 5) is 17.0. The standard InChI is InChI=1S/C26H30N2O4S2/c1-4-19(2)28(34(30,31)22-12-10-21(32-3)11-13-22)18-25(29)27-16-14-24-23(15-17-33-24)26(27)20-8-6-5-7-9-20/h5-13,15,17,19,26H,4,14,16,18H2,1-3H3. The molecular formula is C26H30N2O4S2. The molecule has 2 heterocycles. The first-order valence-electron chi connectivity index (χ1n) is 11.4. The van der Waals surface area contributed by atoms with Gasteiger partial charge in [0.1, 0.15) is 5.75 Å². The van der Waals surface area contributed by atoms with E-state index >= 15 is 0 Å². The Labute approximate surface area is 205 Å². The van der Waals surface area contributed by atoms with E-state index in [9.17, 15) is 13.2 Å². The summed E-state index contributed by atoms with van der Waals surface area (Å²) in [5.74, 6) is 0.388. The molecule has 2 aromatic carbocycles. The number of sulfonamides is 1. The minimum atomic E-state index is -3.87. The molecule has 180 valence electrons. The van der Waals surface area contributed by atoms with Gasteiger partial charge in [0.25, 0.3) is 0 Å². The smallest absolute Gasteiger partial charge is 0.243 e. The van der Waals surface area contributed by atoms with E-state index in [1.807, 2.05) is 49.1 Å². The predicted octanol–water partition coefficient (Wildman–Crippen LogP) is 4.72. The zero-order valence-electron chi connectivity index (χ0n) is 19.7. The minimum absolute atomic E-state index is 0.153. The van der Waals surface area contributed by atoms with Crippen molar-refractivity contribution >= 4 is 27.3 Å². The van der Waals surface area contributed by atoms with Crippen molar-refractivity contribution in [3.05, 3.63) is 82.0 Å². The molecule has 0 bridgehead atoms. The number of ether oxygens (including phenoxy) is 1. The molecule has 0 radical (unpaired) electrons. The summed E-state index contributed by atoms with van der Waals surface area (Å²) in [5.41, 5.74) is 2.16. The molecule has 1 aromatic heterocycles. The van der Waals surface area contributed by atoms with Gasteiger partial charge in [0, 0.05) is 17.5 Å². The number of fused-ring (bicyclic) bond motifs is 1. The summed E-state index contributed by atoms with van der Waals surface area (Å²) < 4.78 is 33.6. The van der Waals surface area contributed by atoms with Crippen molar-refractivity contribution in [2.24, 2.45) is 0 Å². The van der Waals surface area contributed by atoms with Gasteiger partial charge in [-0.2, -0.15) is 4.31 Å². The third-order valence-corrected chi connectivity index (χ3v) is 9.41. The average Bonchev–Trinajstić information content (AvgIpc) is 3.35. The first kappa shape index (κ1) is 24.4. The van der Waals surface area contributed by atoms with E-state index in [1.165, 1.54) is 28.4 Å². The number of amides is 1. The molecule has 2 unspecified atom stereocenters. The fraction of sp³-hybridized carbons (Fsp3) is 0.346. The summed E-state index contributed by atoms with van der Waals surface area (Å²) in [6.07, 6.45) is 1.37. The van der Waals surface area contributed by atoms with Crippen LogP contribution in [0.15, 0.2) is 70.9 Å². The monoisotopic (exact) mass is 498 g/mol. The van der Waals surface area contributed by atoms with Crippen LogP contribution in [-0.4, -0.2) is 49.8 Å². The minimum Gasteiger partial charge on any atom is -0.497 e. The number of carbonyl (C=O) groups is 1. The van der Waals surface area contributed by atoms with Gasteiger partial charge in [0.15, 0.2) is 0 Å². The first-order chi connectivity index (χ1) is 16.4. The van der Waals surface area contributed by atoms with E-state index in [0.29, 0.717) is 18.7 Å². The molecule has 0 saturated carbocycles. The molecule has 4 rings (SSSR count). The highest BCUT2D eigenvalue weighted by molar-refractivity contribution is 7.89. The molecule has 34 heavy (non-hydrogen) atoms. The van der Waals surface area contributed by atoms with Crippen molar-refractivity contribution in [1.29, 1.82) is 0 Å². The molecule has 6 nitrogen and oxygen atoms in total. The van der Waals surface area contributed by atoms with Gasteiger partial charge in [-0.15, -0.1) is 11.3 Å². The second-order valence-electron chi connectivity index (χ2n) is 8.43. The lowest BCUT2D eigenvalue weighted by Crippen LogP contribution is -2.49. The number of nitrogens with zero attached hydrogens (tertiary/aromatic N) is 2. The largest absolute Gasteiger partial charge is 0.497 e. The molecule has 1 aliphatic rings. The molecule has 1 amide bonds. The highest BCUT2D eigenvalue weighted by Gasteiger charge is 2.36. The van der Waals surface area contributed by atoms with Crippen LogP contribution in [0.5, 0.6) is 5.75 Å². The summed E-state index contributed by atoms with van der Waals surface area (Å²) >= 11 is 1.71. The Hall–Kier alpha value is -2.68. The predicted molar refractivity (Wildman–Crippen MR) is 135 cm³/mol. The van der Waals surface area contributed by atoms with Gasteiger partial charge >= 0.3 is 0 Å². The van der Waals surface area contributed by atoms with Crippen LogP contribution in [0.25, 0.3) is 0 Å². The fourth-order valence-electron chi connectivity index (χ4n) is 4.37. The normalized spacial score (nSPS) is 16.8. The lowest BCUT2D eigenvalue weighted by molar-refractivity contribution is -0.133. The number of hydrogen-bond donors (Lipinski definition) is 0. The van der Waals surface area contributed by atoms with Crippen LogP contribution in [0.3, 0.4) is 0 Å². The molecular weight excluding hydrogens is 468 g/mol. The van der Waals surface area contributed by atoms with Crippen molar-refractivity contribution in [2.75, 3.05) is 20.2 Å². The van der Waals surface area contributed by atoms with Crippen LogP contribution in [0.2, 0.25) is 0 Å². The Morgan fingerprint density at radius 2 is 1.85 bits per heavy atom. The van der Waals surface area contributed by atoms with E-state index in [-0.39, 0.29) is 29.4 Å². The van der Waals surface area contributed by atoms with E-state index in [2.05, 4.69) is 11.4 Å². The van der Waals surface area contributed by atoms with E-state index < -0.39 is 10.0 Å². The van der Waals surface area contributed by atoms with Crippen LogP contribution in [0, 0.1) is 0 Å². The number of hydrogen-bond acceptors (Lipinski definition) is 5. The van der Waals surface area contributed by atoms with Crippen LogP contribution in [0.4, 0.5) is 0 Å². The molecule has 2 atom stereocenters.